The predicted octanol–water partition coefficient (Wildman–Crippen LogP) is 5.44. The first-order chi connectivity index (χ1) is 17.0. The van der Waals surface area contributed by atoms with Crippen LogP contribution in [0.25, 0.3) is 0 Å². The highest BCUT2D eigenvalue weighted by atomic mass is 127. The van der Waals surface area contributed by atoms with Crippen LogP contribution in [-0.2, 0) is 25.4 Å². The van der Waals surface area contributed by atoms with Crippen LogP contribution in [-0.4, -0.2) is 23.6 Å². The van der Waals surface area contributed by atoms with Crippen molar-refractivity contribution in [2.75, 3.05) is 0 Å². The van der Waals surface area contributed by atoms with Crippen molar-refractivity contribution < 1.29 is 14.4 Å². The highest BCUT2D eigenvalue weighted by molar-refractivity contribution is 14.1. The van der Waals surface area contributed by atoms with Crippen LogP contribution < -0.4 is 11.1 Å². The molecule has 0 saturated carbocycles. The summed E-state index contributed by atoms with van der Waals surface area (Å²) in [4.78, 5) is 32.6. The smallest absolute Gasteiger partial charge is 0.233 e. The number of carbonyl (C=O) groups excluding carboxylic acids is 2. The second kappa shape index (κ2) is 10.0. The van der Waals surface area contributed by atoms with Gasteiger partial charge in [0.05, 0.1) is 11.6 Å². The number of nitrogens with zero attached hydrogens (tertiary/aromatic N) is 1. The number of rotatable bonds is 6. The van der Waals surface area contributed by atoms with Crippen LogP contribution in [0.4, 0.5) is 0 Å². The minimum Gasteiger partial charge on any atom is -0.379 e. The van der Waals surface area contributed by atoms with Crippen molar-refractivity contribution in [3.8, 4) is 0 Å². The summed E-state index contributed by atoms with van der Waals surface area (Å²) in [6.45, 7) is 7.64. The van der Waals surface area contributed by atoms with Crippen molar-refractivity contribution >= 4 is 51.7 Å². The first kappa shape index (κ1) is 26.4. The molecule has 4 rings (SSSR count). The minimum absolute atomic E-state index is 0.0800. The Hall–Kier alpha value is -2.65. The standard InChI is InChI=1S/C28H29ClIN3O3/c1-16(2)32-25(34)24-23(30)6-5-13-27(24,26(31)35)22-12-9-20(14-17(22)3)28(15-18(4)33-36-28)19-7-10-21(29)11-8-19/h5-14,16,24H,15H2,1-4H3,(H2,31,35)(H,32,34). The number of benzene rings is 2. The summed E-state index contributed by atoms with van der Waals surface area (Å²) in [6.07, 6.45) is 5.97. The van der Waals surface area contributed by atoms with E-state index < -0.39 is 22.8 Å². The van der Waals surface area contributed by atoms with Gasteiger partial charge in [0.1, 0.15) is 5.41 Å². The number of hydrogen-bond donors (Lipinski definition) is 2. The maximum Gasteiger partial charge on any atom is 0.233 e. The van der Waals surface area contributed by atoms with Gasteiger partial charge in [-0.3, -0.25) is 9.59 Å². The minimum atomic E-state index is -1.33. The van der Waals surface area contributed by atoms with Crippen LogP contribution in [0.1, 0.15) is 49.4 Å². The molecule has 1 aliphatic heterocycles. The molecular weight excluding hydrogens is 589 g/mol. The van der Waals surface area contributed by atoms with E-state index >= 15 is 0 Å². The quantitative estimate of drug-likeness (QED) is 0.423. The summed E-state index contributed by atoms with van der Waals surface area (Å²) in [6, 6.07) is 13.3. The maximum atomic E-state index is 13.4. The van der Waals surface area contributed by atoms with E-state index in [4.69, 9.17) is 22.2 Å². The van der Waals surface area contributed by atoms with Crippen LogP contribution >= 0.6 is 34.2 Å². The number of hydrogen-bond acceptors (Lipinski definition) is 4. The summed E-state index contributed by atoms with van der Waals surface area (Å²) in [5.41, 5.74) is 8.13. The monoisotopic (exact) mass is 617 g/mol. The fraction of sp³-hybridized carbons (Fsp3) is 0.321. The zero-order valence-corrected chi connectivity index (χ0v) is 23.6. The molecule has 3 unspecified atom stereocenters. The number of carbonyl (C=O) groups is 2. The molecular formula is C28H29ClIN3O3. The van der Waals surface area contributed by atoms with Gasteiger partial charge in [-0.1, -0.05) is 65.3 Å². The zero-order valence-electron chi connectivity index (χ0n) is 20.6. The molecule has 0 spiro atoms. The van der Waals surface area contributed by atoms with E-state index in [0.717, 1.165) is 26.0 Å². The predicted molar refractivity (Wildman–Crippen MR) is 151 cm³/mol. The van der Waals surface area contributed by atoms with Gasteiger partial charge in [-0.15, -0.1) is 0 Å². The molecule has 6 nitrogen and oxygen atoms in total. The molecule has 8 heteroatoms. The van der Waals surface area contributed by atoms with E-state index in [2.05, 4.69) is 33.1 Å². The Kier molecular flexibility index (Phi) is 7.35. The topological polar surface area (TPSA) is 93.8 Å². The molecule has 2 aliphatic rings. The average Bonchev–Trinajstić information content (AvgIpc) is 3.21. The molecule has 3 atom stereocenters. The first-order valence-electron chi connectivity index (χ1n) is 11.8. The molecule has 0 bridgehead atoms. The molecule has 0 aromatic heterocycles. The molecule has 2 amide bonds. The number of halogens is 2. The van der Waals surface area contributed by atoms with Gasteiger partial charge in [0.2, 0.25) is 11.8 Å². The summed E-state index contributed by atoms with van der Waals surface area (Å²) >= 11 is 8.27. The lowest BCUT2D eigenvalue weighted by Gasteiger charge is -2.39. The summed E-state index contributed by atoms with van der Waals surface area (Å²) in [7, 11) is 0. The number of amides is 2. The van der Waals surface area contributed by atoms with Crippen LogP contribution in [0.15, 0.2) is 69.4 Å². The van der Waals surface area contributed by atoms with Gasteiger partial charge in [-0.05, 0) is 73.5 Å². The third-order valence-electron chi connectivity index (χ3n) is 6.76. The van der Waals surface area contributed by atoms with E-state index in [0.29, 0.717) is 17.0 Å². The molecule has 2 aromatic rings. The normalized spacial score (nSPS) is 25.2. The molecule has 2 aromatic carbocycles. The number of nitrogens with one attached hydrogen (secondary N) is 1. The molecule has 0 fully saturated rings. The summed E-state index contributed by atoms with van der Waals surface area (Å²) in [5, 5.41) is 7.86. The fourth-order valence-electron chi connectivity index (χ4n) is 5.16. The third kappa shape index (κ3) is 4.47. The Bertz CT molecular complexity index is 1300. The third-order valence-corrected chi connectivity index (χ3v) is 7.99. The van der Waals surface area contributed by atoms with Crippen molar-refractivity contribution in [3.05, 3.63) is 91.5 Å². The molecule has 188 valence electrons. The van der Waals surface area contributed by atoms with E-state index in [1.165, 1.54) is 0 Å². The first-order valence-corrected chi connectivity index (χ1v) is 13.2. The highest BCUT2D eigenvalue weighted by Crippen LogP contribution is 2.47. The second-order valence-corrected chi connectivity index (χ2v) is 11.4. The molecule has 3 N–H and O–H groups in total. The lowest BCUT2D eigenvalue weighted by molar-refractivity contribution is -0.132. The molecule has 36 heavy (non-hydrogen) atoms. The van der Waals surface area contributed by atoms with Crippen molar-refractivity contribution in [2.24, 2.45) is 16.8 Å². The van der Waals surface area contributed by atoms with Crippen molar-refractivity contribution in [1.82, 2.24) is 5.32 Å². The van der Waals surface area contributed by atoms with Crippen molar-refractivity contribution in [3.63, 3.8) is 0 Å². The number of nitrogens with two attached hydrogens (primary N) is 1. The van der Waals surface area contributed by atoms with E-state index in [1.54, 1.807) is 12.2 Å². The Morgan fingerprint density at radius 2 is 1.83 bits per heavy atom. The number of oxime groups is 1. The Morgan fingerprint density at radius 1 is 1.17 bits per heavy atom. The largest absolute Gasteiger partial charge is 0.379 e. The van der Waals surface area contributed by atoms with Gasteiger partial charge in [-0.2, -0.15) is 0 Å². The van der Waals surface area contributed by atoms with Gasteiger partial charge < -0.3 is 15.9 Å². The highest BCUT2D eigenvalue weighted by Gasteiger charge is 2.51. The average molecular weight is 618 g/mol. The zero-order chi connectivity index (χ0) is 26.3. The molecule has 1 heterocycles. The van der Waals surface area contributed by atoms with E-state index in [9.17, 15) is 9.59 Å². The number of aryl methyl sites for hydroxylation is 1. The Labute approximate surface area is 230 Å². The van der Waals surface area contributed by atoms with E-state index in [1.807, 2.05) is 76.2 Å². The van der Waals surface area contributed by atoms with Crippen LogP contribution in [0.2, 0.25) is 5.02 Å². The van der Waals surface area contributed by atoms with E-state index in [-0.39, 0.29) is 11.9 Å². The van der Waals surface area contributed by atoms with Crippen LogP contribution in [0.5, 0.6) is 0 Å². The lowest BCUT2D eigenvalue weighted by Crippen LogP contribution is -2.53. The second-order valence-electron chi connectivity index (χ2n) is 9.70. The van der Waals surface area contributed by atoms with Crippen molar-refractivity contribution in [1.29, 1.82) is 0 Å². The summed E-state index contributed by atoms with van der Waals surface area (Å²) in [5.74, 6) is -1.59. The molecule has 0 saturated heterocycles. The van der Waals surface area contributed by atoms with Gasteiger partial charge >= 0.3 is 0 Å². The fourth-order valence-corrected chi connectivity index (χ4v) is 6.27. The lowest BCUT2D eigenvalue weighted by atomic mass is 9.65. The Balaban J connectivity index is 1.85. The van der Waals surface area contributed by atoms with Crippen LogP contribution in [0, 0.1) is 12.8 Å². The maximum absolute atomic E-state index is 13.4. The number of primary amides is 1. The van der Waals surface area contributed by atoms with Gasteiger partial charge in [0, 0.05) is 32.2 Å². The molecule has 1 aliphatic carbocycles. The Morgan fingerprint density at radius 3 is 2.39 bits per heavy atom. The SMILES string of the molecule is CC1=NOC(c2ccc(Cl)cc2)(c2ccc(C3(C(N)=O)C=CC=C(I)C3C(=O)NC(C)C)c(C)c2)C1. The number of allylic oxidation sites excluding steroid dienone is 2. The van der Waals surface area contributed by atoms with Crippen LogP contribution in [0.3, 0.4) is 0 Å². The van der Waals surface area contributed by atoms with Gasteiger partial charge in [0.25, 0.3) is 0 Å². The van der Waals surface area contributed by atoms with Gasteiger partial charge in [-0.25, -0.2) is 0 Å². The van der Waals surface area contributed by atoms with Crippen molar-refractivity contribution in [2.45, 2.75) is 51.2 Å². The van der Waals surface area contributed by atoms with Gasteiger partial charge in [0.15, 0.2) is 5.60 Å². The molecule has 0 radical (unpaired) electrons. The summed E-state index contributed by atoms with van der Waals surface area (Å²) < 4.78 is 0.747.